The number of phenolic OH excluding ortho intramolecular Hbond substituents is 2. The van der Waals surface area contributed by atoms with Gasteiger partial charge in [-0.15, -0.1) is 0 Å². The van der Waals surface area contributed by atoms with Gasteiger partial charge >= 0.3 is 0 Å². The van der Waals surface area contributed by atoms with Crippen LogP contribution in [0.25, 0.3) is 0 Å². The van der Waals surface area contributed by atoms with Gasteiger partial charge in [-0.05, 0) is 31.7 Å². The molecule has 0 aliphatic heterocycles. The molecule has 0 saturated carbocycles. The molecule has 12 heavy (non-hydrogen) atoms. The molecule has 1 rings (SSSR count). The number of phenols is 2. The van der Waals surface area contributed by atoms with Crippen LogP contribution in [0.1, 0.15) is 18.5 Å². The van der Waals surface area contributed by atoms with Crippen LogP contribution in [0.4, 0.5) is 0 Å². The molecule has 1 atom stereocenters. The van der Waals surface area contributed by atoms with E-state index >= 15 is 0 Å². The van der Waals surface area contributed by atoms with Crippen LogP contribution < -0.4 is 5.32 Å². The smallest absolute Gasteiger partial charge is 0.157 e. The van der Waals surface area contributed by atoms with E-state index in [9.17, 15) is 0 Å². The molecule has 0 heterocycles. The topological polar surface area (TPSA) is 52.5 Å². The maximum Gasteiger partial charge on any atom is 0.157 e. The molecule has 0 fully saturated rings. The minimum Gasteiger partial charge on any atom is -0.504 e. The lowest BCUT2D eigenvalue weighted by Gasteiger charge is -2.10. The fourth-order valence-electron chi connectivity index (χ4n) is 0.976. The van der Waals surface area contributed by atoms with Crippen molar-refractivity contribution in [2.24, 2.45) is 0 Å². The number of nitrogens with one attached hydrogen (secondary N) is 1. The van der Waals surface area contributed by atoms with Gasteiger partial charge in [0, 0.05) is 6.04 Å². The Hall–Kier alpha value is -1.22. The quantitative estimate of drug-likeness (QED) is 0.583. The Balaban J connectivity index is 2.96. The fraction of sp³-hybridized carbons (Fsp3) is 0.333. The minimum atomic E-state index is -0.0814. The molecule has 0 aromatic heterocycles. The molecule has 0 saturated heterocycles. The van der Waals surface area contributed by atoms with Crippen LogP contribution in [0.3, 0.4) is 0 Å². The van der Waals surface area contributed by atoms with Gasteiger partial charge in [0.05, 0.1) is 0 Å². The molecule has 3 nitrogen and oxygen atoms in total. The van der Waals surface area contributed by atoms with Gasteiger partial charge in [-0.25, -0.2) is 0 Å². The largest absolute Gasteiger partial charge is 0.504 e. The number of hydrogen-bond acceptors (Lipinski definition) is 3. The average molecular weight is 167 g/mol. The lowest BCUT2D eigenvalue weighted by atomic mass is 10.1. The molecule has 0 radical (unpaired) electrons. The van der Waals surface area contributed by atoms with E-state index in [1.165, 1.54) is 6.07 Å². The number of aromatic hydroxyl groups is 2. The minimum absolute atomic E-state index is 0.0744. The Labute approximate surface area is 71.7 Å². The summed E-state index contributed by atoms with van der Waals surface area (Å²) in [5.41, 5.74) is 0.952. The Bertz CT molecular complexity index is 273. The maximum absolute atomic E-state index is 9.17. The molecule has 1 aromatic rings. The first-order valence-electron chi connectivity index (χ1n) is 3.84. The highest BCUT2D eigenvalue weighted by Crippen LogP contribution is 2.27. The summed E-state index contributed by atoms with van der Waals surface area (Å²) in [6, 6.07) is 4.99. The van der Waals surface area contributed by atoms with Crippen LogP contribution in [0, 0.1) is 0 Å². The van der Waals surface area contributed by atoms with Crippen LogP contribution >= 0.6 is 0 Å². The zero-order valence-electron chi connectivity index (χ0n) is 7.20. The molecule has 0 spiro atoms. The van der Waals surface area contributed by atoms with E-state index in [4.69, 9.17) is 10.2 Å². The molecule has 0 bridgehead atoms. The summed E-state index contributed by atoms with van der Waals surface area (Å²) >= 11 is 0. The highest BCUT2D eigenvalue weighted by Gasteiger charge is 2.05. The molecule has 0 aliphatic carbocycles. The van der Waals surface area contributed by atoms with Crippen LogP contribution in [0.15, 0.2) is 18.2 Å². The molecule has 1 unspecified atom stereocenters. The second-order valence-electron chi connectivity index (χ2n) is 2.76. The van der Waals surface area contributed by atoms with Gasteiger partial charge in [0.1, 0.15) is 0 Å². The van der Waals surface area contributed by atoms with Crippen molar-refractivity contribution in [1.82, 2.24) is 5.32 Å². The van der Waals surface area contributed by atoms with Crippen molar-refractivity contribution in [3.8, 4) is 11.5 Å². The van der Waals surface area contributed by atoms with E-state index in [1.54, 1.807) is 12.1 Å². The van der Waals surface area contributed by atoms with Crippen LogP contribution in [-0.4, -0.2) is 17.3 Å². The first-order chi connectivity index (χ1) is 5.65. The van der Waals surface area contributed by atoms with Gasteiger partial charge in [-0.3, -0.25) is 0 Å². The first kappa shape index (κ1) is 8.87. The van der Waals surface area contributed by atoms with Crippen molar-refractivity contribution in [3.05, 3.63) is 23.8 Å². The Morgan fingerprint density at radius 3 is 2.42 bits per heavy atom. The van der Waals surface area contributed by atoms with Crippen molar-refractivity contribution in [1.29, 1.82) is 0 Å². The summed E-state index contributed by atoms with van der Waals surface area (Å²) in [6.45, 7) is 1.98. The lowest BCUT2D eigenvalue weighted by molar-refractivity contribution is 0.402. The standard InChI is InChI=1S/C9H13NO2/c1-6(10-2)7-3-4-8(11)9(12)5-7/h3-6,10-12H,1-2H3. The normalized spacial score (nSPS) is 12.8. The summed E-state index contributed by atoms with van der Waals surface area (Å²) in [7, 11) is 1.84. The monoisotopic (exact) mass is 167 g/mol. The molecule has 3 N–H and O–H groups in total. The van der Waals surface area contributed by atoms with E-state index in [-0.39, 0.29) is 17.5 Å². The van der Waals surface area contributed by atoms with Gasteiger partial charge in [0.15, 0.2) is 11.5 Å². The van der Waals surface area contributed by atoms with E-state index in [1.807, 2.05) is 14.0 Å². The second-order valence-corrected chi connectivity index (χ2v) is 2.76. The lowest BCUT2D eigenvalue weighted by Crippen LogP contribution is -2.11. The van der Waals surface area contributed by atoms with Crippen molar-refractivity contribution in [2.75, 3.05) is 7.05 Å². The molecule has 0 aliphatic rings. The predicted molar refractivity (Wildman–Crippen MR) is 47.2 cm³/mol. The van der Waals surface area contributed by atoms with Crippen LogP contribution in [0.5, 0.6) is 11.5 Å². The van der Waals surface area contributed by atoms with Gasteiger partial charge in [0.25, 0.3) is 0 Å². The summed E-state index contributed by atoms with van der Waals surface area (Å²) in [6.07, 6.45) is 0. The molecule has 3 heteroatoms. The summed E-state index contributed by atoms with van der Waals surface area (Å²) < 4.78 is 0. The summed E-state index contributed by atoms with van der Waals surface area (Å²) in [5.74, 6) is -0.156. The zero-order chi connectivity index (χ0) is 9.14. The van der Waals surface area contributed by atoms with Gasteiger partial charge in [0.2, 0.25) is 0 Å². The second kappa shape index (κ2) is 3.45. The Kier molecular flexibility index (Phi) is 2.55. The van der Waals surface area contributed by atoms with Crippen molar-refractivity contribution in [2.45, 2.75) is 13.0 Å². The zero-order valence-corrected chi connectivity index (χ0v) is 7.20. The van der Waals surface area contributed by atoms with E-state index in [2.05, 4.69) is 5.32 Å². The Morgan fingerprint density at radius 2 is 1.92 bits per heavy atom. The highest BCUT2D eigenvalue weighted by molar-refractivity contribution is 5.41. The predicted octanol–water partition coefficient (Wildman–Crippen LogP) is 1.38. The number of hydrogen-bond donors (Lipinski definition) is 3. The van der Waals surface area contributed by atoms with Crippen LogP contribution in [-0.2, 0) is 0 Å². The van der Waals surface area contributed by atoms with E-state index in [0.29, 0.717) is 0 Å². The fourth-order valence-corrected chi connectivity index (χ4v) is 0.976. The van der Waals surface area contributed by atoms with Crippen LogP contribution in [0.2, 0.25) is 0 Å². The van der Waals surface area contributed by atoms with Gasteiger partial charge in [-0.2, -0.15) is 0 Å². The third kappa shape index (κ3) is 1.68. The molecular formula is C9H13NO2. The number of benzene rings is 1. The Morgan fingerprint density at radius 1 is 1.25 bits per heavy atom. The molecular weight excluding hydrogens is 154 g/mol. The molecule has 0 amide bonds. The van der Waals surface area contributed by atoms with Crippen molar-refractivity contribution < 1.29 is 10.2 Å². The third-order valence-electron chi connectivity index (χ3n) is 1.93. The highest BCUT2D eigenvalue weighted by atomic mass is 16.3. The first-order valence-corrected chi connectivity index (χ1v) is 3.84. The van der Waals surface area contributed by atoms with Crippen molar-refractivity contribution in [3.63, 3.8) is 0 Å². The summed E-state index contributed by atoms with van der Waals surface area (Å²) in [4.78, 5) is 0. The average Bonchev–Trinajstić information content (AvgIpc) is 2.08. The number of rotatable bonds is 2. The van der Waals surface area contributed by atoms with Crippen molar-refractivity contribution >= 4 is 0 Å². The molecule has 1 aromatic carbocycles. The van der Waals surface area contributed by atoms with Gasteiger partial charge < -0.3 is 15.5 Å². The molecule has 66 valence electrons. The summed E-state index contributed by atoms with van der Waals surface area (Å²) in [5, 5.41) is 21.2. The van der Waals surface area contributed by atoms with E-state index in [0.717, 1.165) is 5.56 Å². The van der Waals surface area contributed by atoms with Gasteiger partial charge in [-0.1, -0.05) is 6.07 Å². The third-order valence-corrected chi connectivity index (χ3v) is 1.93. The van der Waals surface area contributed by atoms with E-state index < -0.39 is 0 Å². The SMILES string of the molecule is CNC(C)c1ccc(O)c(O)c1. The maximum atomic E-state index is 9.17.